The SMILES string of the molecule is CCCC[C@](CC)(NC(=O)C(F)(F)F)C(=O)N[C@@](CC)(CCCC)C(=O)N[C@@](CC)(CCCC)C(=O)N[C@@](CC)(CCCC)C(=O)N[C@@](CC)(CCCC)C(=O)OCC. The smallest absolute Gasteiger partial charge is 0.464 e. The summed E-state index contributed by atoms with van der Waals surface area (Å²) in [6.07, 6.45) is 1.80. The van der Waals surface area contributed by atoms with Crippen molar-refractivity contribution >= 4 is 35.5 Å². The van der Waals surface area contributed by atoms with E-state index in [0.717, 1.165) is 6.42 Å². The minimum absolute atomic E-state index is 0.0308. The third-order valence-electron chi connectivity index (χ3n) is 12.2. The second kappa shape index (κ2) is 26.1. The van der Waals surface area contributed by atoms with Crippen LogP contribution in [0.4, 0.5) is 13.2 Å². The van der Waals surface area contributed by atoms with Crippen LogP contribution in [0, 0.1) is 0 Å². The van der Waals surface area contributed by atoms with Gasteiger partial charge >= 0.3 is 18.1 Å². The molecule has 0 aliphatic heterocycles. The number of unbranched alkanes of at least 4 members (excludes halogenated alkanes) is 5. The fourth-order valence-electron chi connectivity index (χ4n) is 7.56. The van der Waals surface area contributed by atoms with E-state index in [-0.39, 0.29) is 64.4 Å². The van der Waals surface area contributed by atoms with Gasteiger partial charge < -0.3 is 31.3 Å². The molecule has 0 aromatic heterocycles. The van der Waals surface area contributed by atoms with Gasteiger partial charge in [0.2, 0.25) is 23.6 Å². The first-order valence-corrected chi connectivity index (χ1v) is 22.6. The Balaban J connectivity index is 7.44. The number of carbonyl (C=O) groups excluding carboxylic acids is 6. The highest BCUT2D eigenvalue weighted by atomic mass is 19.4. The second-order valence-corrected chi connectivity index (χ2v) is 16.2. The van der Waals surface area contributed by atoms with Gasteiger partial charge in [-0.1, -0.05) is 133 Å². The number of esters is 1. The van der Waals surface area contributed by atoms with Gasteiger partial charge in [-0.05, 0) is 71.1 Å². The van der Waals surface area contributed by atoms with Crippen molar-refractivity contribution in [3.63, 3.8) is 0 Å². The zero-order valence-electron chi connectivity index (χ0n) is 38.3. The van der Waals surface area contributed by atoms with Crippen molar-refractivity contribution in [3.05, 3.63) is 0 Å². The van der Waals surface area contributed by atoms with E-state index in [4.69, 9.17) is 4.74 Å². The molecule has 0 bridgehead atoms. The lowest BCUT2D eigenvalue weighted by Crippen LogP contribution is -2.72. The molecule has 0 saturated heterocycles. The molecule has 59 heavy (non-hydrogen) atoms. The summed E-state index contributed by atoms with van der Waals surface area (Å²) in [5.41, 5.74) is -7.99. The van der Waals surface area contributed by atoms with E-state index >= 15 is 0 Å². The van der Waals surface area contributed by atoms with E-state index in [1.807, 2.05) is 46.9 Å². The first-order chi connectivity index (χ1) is 27.7. The minimum Gasteiger partial charge on any atom is -0.464 e. The fraction of sp³-hybridized carbons (Fsp3) is 0.864. The lowest BCUT2D eigenvalue weighted by molar-refractivity contribution is -0.176. The molecule has 5 amide bonds. The van der Waals surface area contributed by atoms with Crippen molar-refractivity contribution in [2.24, 2.45) is 0 Å². The van der Waals surface area contributed by atoms with Crippen LogP contribution >= 0.6 is 0 Å². The molecule has 0 spiro atoms. The number of amides is 5. The summed E-state index contributed by atoms with van der Waals surface area (Å²) in [4.78, 5) is 84.6. The second-order valence-electron chi connectivity index (χ2n) is 16.2. The molecule has 0 aromatic rings. The maximum absolute atomic E-state index is 15.0. The molecule has 5 N–H and O–H groups in total. The minimum atomic E-state index is -5.24. The summed E-state index contributed by atoms with van der Waals surface area (Å²) >= 11 is 0. The van der Waals surface area contributed by atoms with Crippen molar-refractivity contribution in [3.8, 4) is 0 Å². The molecular weight excluding hydrogens is 768 g/mol. The summed E-state index contributed by atoms with van der Waals surface area (Å²) < 4.78 is 46.2. The van der Waals surface area contributed by atoms with Gasteiger partial charge in [0.25, 0.3) is 0 Å². The average Bonchev–Trinajstić information content (AvgIpc) is 3.21. The third-order valence-corrected chi connectivity index (χ3v) is 12.2. The predicted molar refractivity (Wildman–Crippen MR) is 226 cm³/mol. The van der Waals surface area contributed by atoms with E-state index < -0.39 is 69.4 Å². The molecule has 0 radical (unpaired) electrons. The molecule has 0 unspecified atom stereocenters. The summed E-state index contributed by atoms with van der Waals surface area (Å²) in [5, 5.41) is 13.9. The van der Waals surface area contributed by atoms with Gasteiger partial charge in [0, 0.05) is 0 Å². The quantitative estimate of drug-likeness (QED) is 0.0436. The molecule has 0 saturated carbocycles. The molecular formula is C44H80F3N5O7. The highest BCUT2D eigenvalue weighted by Crippen LogP contribution is 2.31. The maximum atomic E-state index is 15.0. The summed E-state index contributed by atoms with van der Waals surface area (Å²) in [5.74, 6) is -5.52. The monoisotopic (exact) mass is 848 g/mol. The first-order valence-electron chi connectivity index (χ1n) is 22.6. The standard InChI is InChI=1S/C44H80F3N5O7/c1-12-23-28-39(17-6,34(54)49-41(19-8,30-25-14-3)36(56)51-43(21-10,32-27-16-5)38(58)59-22-11)48-33(53)40(18-7,29-24-13-2)50-35(55)42(20-9,31-26-15-4)52-37(57)44(45,46)47/h12-32H2,1-11H3,(H,48,53)(H,49,54)(H,50,55)(H,51,56)(H,52,57)/t39-,40-,41-,42-,43-/m0/s1. The molecule has 0 aromatic carbocycles. The van der Waals surface area contributed by atoms with Gasteiger partial charge in [-0.3, -0.25) is 24.0 Å². The van der Waals surface area contributed by atoms with Crippen molar-refractivity contribution in [2.75, 3.05) is 6.61 Å². The Kier molecular flexibility index (Phi) is 24.6. The number of rotatable bonds is 31. The van der Waals surface area contributed by atoms with Gasteiger partial charge in [-0.25, -0.2) is 4.79 Å². The molecule has 0 heterocycles. The molecule has 12 nitrogen and oxygen atoms in total. The molecule has 0 aliphatic rings. The Labute approximate surface area is 353 Å². The van der Waals surface area contributed by atoms with E-state index in [1.165, 1.54) is 6.92 Å². The zero-order chi connectivity index (χ0) is 45.6. The van der Waals surface area contributed by atoms with Crippen molar-refractivity contribution in [1.29, 1.82) is 0 Å². The van der Waals surface area contributed by atoms with Gasteiger partial charge in [0.15, 0.2) is 0 Å². The van der Waals surface area contributed by atoms with Crippen LogP contribution in [0.3, 0.4) is 0 Å². The largest absolute Gasteiger partial charge is 0.471 e. The predicted octanol–water partition coefficient (Wildman–Crippen LogP) is 8.39. The highest BCUT2D eigenvalue weighted by molar-refractivity contribution is 6.01. The lowest BCUT2D eigenvalue weighted by atomic mass is 9.80. The number of alkyl halides is 3. The lowest BCUT2D eigenvalue weighted by Gasteiger charge is -2.43. The Morgan fingerprint density at radius 1 is 0.373 bits per heavy atom. The third kappa shape index (κ3) is 14.9. The number of nitrogens with one attached hydrogen (secondary N) is 5. The number of carbonyl (C=O) groups is 6. The van der Waals surface area contributed by atoms with Crippen molar-refractivity contribution < 1.29 is 46.7 Å². The van der Waals surface area contributed by atoms with Crippen LogP contribution in [-0.4, -0.2) is 76.0 Å². The molecule has 0 rings (SSSR count). The molecule has 344 valence electrons. The molecule has 0 aliphatic carbocycles. The maximum Gasteiger partial charge on any atom is 0.471 e. The molecule has 15 heteroatoms. The summed E-state index contributed by atoms with van der Waals surface area (Å²) in [6.45, 7) is 20.0. The van der Waals surface area contributed by atoms with E-state index in [0.29, 0.717) is 64.2 Å². The average molecular weight is 848 g/mol. The van der Waals surface area contributed by atoms with E-state index in [9.17, 15) is 41.9 Å². The normalized spacial score (nSPS) is 16.8. The van der Waals surface area contributed by atoms with E-state index in [1.54, 1.807) is 27.7 Å². The summed E-state index contributed by atoms with van der Waals surface area (Å²) in [7, 11) is 0. The number of ether oxygens (including phenoxy) is 1. The number of hydrogen-bond donors (Lipinski definition) is 5. The van der Waals surface area contributed by atoms with Crippen molar-refractivity contribution in [1.82, 2.24) is 26.6 Å². The topological polar surface area (TPSA) is 172 Å². The van der Waals surface area contributed by atoms with Crippen molar-refractivity contribution in [2.45, 2.75) is 238 Å². The van der Waals surface area contributed by atoms with Gasteiger partial charge in [-0.2, -0.15) is 13.2 Å². The Hall–Kier alpha value is -3.39. The molecule has 5 atom stereocenters. The van der Waals surface area contributed by atoms with Gasteiger partial charge in [-0.15, -0.1) is 0 Å². The van der Waals surface area contributed by atoms with Crippen LogP contribution in [0.15, 0.2) is 0 Å². The Bertz CT molecular complexity index is 1350. The van der Waals surface area contributed by atoms with Gasteiger partial charge in [0.1, 0.15) is 27.7 Å². The van der Waals surface area contributed by atoms with Gasteiger partial charge in [0.05, 0.1) is 6.61 Å². The Morgan fingerprint density at radius 2 is 0.593 bits per heavy atom. The van der Waals surface area contributed by atoms with Crippen LogP contribution in [0.25, 0.3) is 0 Å². The number of hydrogen-bond acceptors (Lipinski definition) is 7. The number of halogens is 3. The fourth-order valence-corrected chi connectivity index (χ4v) is 7.56. The van der Waals surface area contributed by atoms with Crippen LogP contribution in [0.2, 0.25) is 0 Å². The van der Waals surface area contributed by atoms with Crippen LogP contribution in [0.5, 0.6) is 0 Å². The van der Waals surface area contributed by atoms with Crippen LogP contribution in [-0.2, 0) is 33.5 Å². The van der Waals surface area contributed by atoms with E-state index in [2.05, 4.69) is 21.3 Å². The first kappa shape index (κ1) is 55.6. The molecule has 0 fully saturated rings. The summed E-state index contributed by atoms with van der Waals surface area (Å²) in [6, 6.07) is 0. The Morgan fingerprint density at radius 3 is 0.797 bits per heavy atom. The van der Waals surface area contributed by atoms with Crippen LogP contribution < -0.4 is 26.6 Å². The highest BCUT2D eigenvalue weighted by Gasteiger charge is 2.52. The van der Waals surface area contributed by atoms with Crippen LogP contribution in [0.1, 0.15) is 205 Å². The zero-order valence-corrected chi connectivity index (χ0v) is 38.3.